The molecule has 5 heteroatoms. The van der Waals surface area contributed by atoms with Crippen molar-refractivity contribution in [1.82, 2.24) is 0 Å². The number of benzene rings is 1. The normalized spacial score (nSPS) is 12.5. The molecule has 0 amide bonds. The second-order valence-corrected chi connectivity index (χ2v) is 2.69. The molecule has 0 bridgehead atoms. The van der Waals surface area contributed by atoms with Crippen LogP contribution in [0.1, 0.15) is 11.6 Å². The van der Waals surface area contributed by atoms with Gasteiger partial charge in [-0.3, -0.25) is 10.1 Å². The van der Waals surface area contributed by atoms with Gasteiger partial charge in [0.05, 0.1) is 4.92 Å². The Kier molecular flexibility index (Phi) is 2.94. The van der Waals surface area contributed by atoms with E-state index in [4.69, 9.17) is 11.5 Å². The molecule has 4 N–H and O–H groups in total. The molecule has 1 atom stereocenters. The van der Waals surface area contributed by atoms with Crippen LogP contribution in [0.5, 0.6) is 0 Å². The molecule has 0 aliphatic heterocycles. The average molecular weight is 181 g/mol. The predicted octanol–water partition coefficient (Wildman–Crippen LogP) is 0.553. The molecule has 0 saturated heterocycles. The van der Waals surface area contributed by atoms with Crippen molar-refractivity contribution in [3.05, 3.63) is 39.9 Å². The standard InChI is InChI=1S/C8H11N3O2/c9-5-8(10)6-1-3-7(4-2-6)11(12)13/h1-4,8H,5,9-10H2. The second kappa shape index (κ2) is 3.97. The molecule has 0 aromatic heterocycles. The summed E-state index contributed by atoms with van der Waals surface area (Å²) in [5.41, 5.74) is 11.8. The minimum atomic E-state index is -0.447. The van der Waals surface area contributed by atoms with E-state index < -0.39 is 4.92 Å². The Morgan fingerprint density at radius 1 is 1.38 bits per heavy atom. The van der Waals surface area contributed by atoms with Crippen molar-refractivity contribution < 1.29 is 4.92 Å². The van der Waals surface area contributed by atoms with E-state index in [0.29, 0.717) is 6.54 Å². The smallest absolute Gasteiger partial charge is 0.269 e. The average Bonchev–Trinajstić information content (AvgIpc) is 2.17. The fourth-order valence-corrected chi connectivity index (χ4v) is 0.979. The number of nitrogens with zero attached hydrogens (tertiary/aromatic N) is 1. The topological polar surface area (TPSA) is 95.2 Å². The highest BCUT2D eigenvalue weighted by molar-refractivity contribution is 5.34. The van der Waals surface area contributed by atoms with Gasteiger partial charge in [0.15, 0.2) is 0 Å². The van der Waals surface area contributed by atoms with Crippen LogP contribution in [0.3, 0.4) is 0 Å². The minimum absolute atomic E-state index is 0.0629. The maximum atomic E-state index is 10.3. The lowest BCUT2D eigenvalue weighted by molar-refractivity contribution is -0.384. The number of hydrogen-bond donors (Lipinski definition) is 2. The fourth-order valence-electron chi connectivity index (χ4n) is 0.979. The molecular weight excluding hydrogens is 170 g/mol. The minimum Gasteiger partial charge on any atom is -0.329 e. The highest BCUT2D eigenvalue weighted by Crippen LogP contribution is 2.15. The van der Waals surface area contributed by atoms with E-state index in [0.717, 1.165) is 5.56 Å². The number of rotatable bonds is 3. The summed E-state index contributed by atoms with van der Waals surface area (Å²) >= 11 is 0. The first-order valence-corrected chi connectivity index (χ1v) is 3.85. The summed E-state index contributed by atoms with van der Waals surface area (Å²) in [6.07, 6.45) is 0. The van der Waals surface area contributed by atoms with Crippen molar-refractivity contribution in [2.45, 2.75) is 6.04 Å². The van der Waals surface area contributed by atoms with E-state index in [1.54, 1.807) is 12.1 Å². The van der Waals surface area contributed by atoms with E-state index in [1.807, 2.05) is 0 Å². The maximum absolute atomic E-state index is 10.3. The summed E-state index contributed by atoms with van der Waals surface area (Å²) in [4.78, 5) is 9.85. The molecule has 0 fully saturated rings. The molecule has 0 heterocycles. The van der Waals surface area contributed by atoms with Crippen molar-refractivity contribution in [1.29, 1.82) is 0 Å². The zero-order chi connectivity index (χ0) is 9.84. The summed E-state index contributed by atoms with van der Waals surface area (Å²) in [6, 6.07) is 5.84. The monoisotopic (exact) mass is 181 g/mol. The van der Waals surface area contributed by atoms with Crippen molar-refractivity contribution in [3.63, 3.8) is 0 Å². The lowest BCUT2D eigenvalue weighted by Gasteiger charge is -2.07. The van der Waals surface area contributed by atoms with Gasteiger partial charge in [-0.1, -0.05) is 12.1 Å². The SMILES string of the molecule is NCC(N)c1ccc([N+](=O)[O-])cc1. The number of nitro groups is 1. The van der Waals surface area contributed by atoms with Gasteiger partial charge in [-0.25, -0.2) is 0 Å². The molecule has 0 saturated carbocycles. The Morgan fingerprint density at radius 3 is 2.31 bits per heavy atom. The van der Waals surface area contributed by atoms with Crippen LogP contribution in [0.2, 0.25) is 0 Å². The van der Waals surface area contributed by atoms with E-state index in [9.17, 15) is 10.1 Å². The summed E-state index contributed by atoms with van der Waals surface area (Å²) < 4.78 is 0. The van der Waals surface area contributed by atoms with Gasteiger partial charge in [-0.05, 0) is 5.56 Å². The van der Waals surface area contributed by atoms with Gasteiger partial charge >= 0.3 is 0 Å². The molecule has 0 radical (unpaired) electrons. The lowest BCUT2D eigenvalue weighted by Crippen LogP contribution is -2.20. The van der Waals surface area contributed by atoms with E-state index in [1.165, 1.54) is 12.1 Å². The van der Waals surface area contributed by atoms with Gasteiger partial charge in [-0.15, -0.1) is 0 Å². The Balaban J connectivity index is 2.87. The van der Waals surface area contributed by atoms with E-state index in [2.05, 4.69) is 0 Å². The first kappa shape index (κ1) is 9.63. The third-order valence-electron chi connectivity index (χ3n) is 1.79. The van der Waals surface area contributed by atoms with Crippen molar-refractivity contribution in [2.24, 2.45) is 11.5 Å². The summed E-state index contributed by atoms with van der Waals surface area (Å²) in [5, 5.41) is 10.3. The van der Waals surface area contributed by atoms with Gasteiger partial charge < -0.3 is 11.5 Å². The summed E-state index contributed by atoms with van der Waals surface area (Å²) in [7, 11) is 0. The van der Waals surface area contributed by atoms with Crippen molar-refractivity contribution >= 4 is 5.69 Å². The number of hydrogen-bond acceptors (Lipinski definition) is 4. The Bertz CT molecular complexity index is 297. The molecule has 70 valence electrons. The van der Waals surface area contributed by atoms with E-state index >= 15 is 0 Å². The van der Waals surface area contributed by atoms with Crippen LogP contribution in [-0.4, -0.2) is 11.5 Å². The molecule has 1 rings (SSSR count). The molecule has 0 spiro atoms. The van der Waals surface area contributed by atoms with Crippen LogP contribution in [0.25, 0.3) is 0 Å². The Hall–Kier alpha value is -1.46. The molecule has 0 aliphatic carbocycles. The molecule has 1 aromatic carbocycles. The lowest BCUT2D eigenvalue weighted by atomic mass is 10.1. The first-order valence-electron chi connectivity index (χ1n) is 3.85. The number of non-ortho nitro benzene ring substituents is 1. The largest absolute Gasteiger partial charge is 0.329 e. The zero-order valence-electron chi connectivity index (χ0n) is 7.01. The van der Waals surface area contributed by atoms with Gasteiger partial charge in [0.1, 0.15) is 0 Å². The summed E-state index contributed by atoms with van der Waals surface area (Å²) in [5.74, 6) is 0. The number of nitrogens with two attached hydrogens (primary N) is 2. The Morgan fingerprint density at radius 2 is 1.92 bits per heavy atom. The highest BCUT2D eigenvalue weighted by atomic mass is 16.6. The van der Waals surface area contributed by atoms with Gasteiger partial charge in [0.25, 0.3) is 5.69 Å². The van der Waals surface area contributed by atoms with Crippen LogP contribution in [0, 0.1) is 10.1 Å². The van der Waals surface area contributed by atoms with Crippen LogP contribution < -0.4 is 11.5 Å². The van der Waals surface area contributed by atoms with Crippen molar-refractivity contribution in [2.75, 3.05) is 6.54 Å². The summed E-state index contributed by atoms with van der Waals surface area (Å²) in [6.45, 7) is 0.331. The van der Waals surface area contributed by atoms with E-state index in [-0.39, 0.29) is 11.7 Å². The van der Waals surface area contributed by atoms with Crippen molar-refractivity contribution in [3.8, 4) is 0 Å². The molecule has 13 heavy (non-hydrogen) atoms. The third-order valence-corrected chi connectivity index (χ3v) is 1.79. The molecule has 0 aliphatic rings. The van der Waals surface area contributed by atoms with Crippen LogP contribution in [0.4, 0.5) is 5.69 Å². The van der Waals surface area contributed by atoms with Gasteiger partial charge in [0, 0.05) is 24.7 Å². The number of nitro benzene ring substituents is 1. The fraction of sp³-hybridized carbons (Fsp3) is 0.250. The second-order valence-electron chi connectivity index (χ2n) is 2.69. The molecule has 1 unspecified atom stereocenters. The Labute approximate surface area is 75.5 Å². The predicted molar refractivity (Wildman–Crippen MR) is 49.1 cm³/mol. The van der Waals surface area contributed by atoms with Crippen LogP contribution in [0.15, 0.2) is 24.3 Å². The first-order chi connectivity index (χ1) is 6.15. The molecule has 1 aromatic rings. The zero-order valence-corrected chi connectivity index (χ0v) is 7.01. The molecular formula is C8H11N3O2. The van der Waals surface area contributed by atoms with Gasteiger partial charge in [-0.2, -0.15) is 0 Å². The third kappa shape index (κ3) is 2.24. The molecule has 5 nitrogen and oxygen atoms in total. The van der Waals surface area contributed by atoms with Gasteiger partial charge in [0.2, 0.25) is 0 Å². The quantitative estimate of drug-likeness (QED) is 0.525. The maximum Gasteiger partial charge on any atom is 0.269 e. The van der Waals surface area contributed by atoms with Crippen LogP contribution in [-0.2, 0) is 0 Å². The van der Waals surface area contributed by atoms with Crippen LogP contribution >= 0.6 is 0 Å². The highest BCUT2D eigenvalue weighted by Gasteiger charge is 2.07.